The van der Waals surface area contributed by atoms with Crippen molar-refractivity contribution in [2.75, 3.05) is 6.61 Å². The van der Waals surface area contributed by atoms with Gasteiger partial charge in [0.1, 0.15) is 12.4 Å². The number of benzene rings is 1. The van der Waals surface area contributed by atoms with Crippen molar-refractivity contribution in [1.29, 1.82) is 0 Å². The minimum atomic E-state index is -0.939. The van der Waals surface area contributed by atoms with Gasteiger partial charge in [-0.3, -0.25) is 9.59 Å². The van der Waals surface area contributed by atoms with Gasteiger partial charge < -0.3 is 9.47 Å². The molecular formula is C22H25NO5. The Kier molecular flexibility index (Phi) is 6.29. The molecule has 2 heterocycles. The van der Waals surface area contributed by atoms with Crippen molar-refractivity contribution in [3.8, 4) is 0 Å². The Bertz CT molecular complexity index is 798. The lowest BCUT2D eigenvalue weighted by Crippen LogP contribution is -2.48. The molecule has 1 aromatic rings. The number of ketones is 1. The van der Waals surface area contributed by atoms with Gasteiger partial charge in [0.25, 0.3) is 0 Å². The highest BCUT2D eigenvalue weighted by atomic mass is 16.6. The van der Waals surface area contributed by atoms with Crippen LogP contribution in [0.25, 0.3) is 0 Å². The molecule has 6 nitrogen and oxygen atoms in total. The molecule has 3 rings (SSSR count). The van der Waals surface area contributed by atoms with Crippen molar-refractivity contribution < 1.29 is 23.9 Å². The maximum absolute atomic E-state index is 13.1. The van der Waals surface area contributed by atoms with Crippen LogP contribution in [-0.2, 0) is 25.5 Å². The number of hydrogen-bond donors (Lipinski definition) is 0. The summed E-state index contributed by atoms with van der Waals surface area (Å²) in [6.07, 6.45) is 5.62. The summed E-state index contributed by atoms with van der Waals surface area (Å²) < 4.78 is 10.9. The molecule has 28 heavy (non-hydrogen) atoms. The first-order valence-electron chi connectivity index (χ1n) is 9.63. The number of allylic oxidation sites excluding steroid dienone is 2. The van der Waals surface area contributed by atoms with Crippen LogP contribution in [-0.4, -0.2) is 41.4 Å². The van der Waals surface area contributed by atoms with E-state index in [0.29, 0.717) is 12.2 Å². The largest absolute Gasteiger partial charge is 0.482 e. The predicted molar refractivity (Wildman–Crippen MR) is 103 cm³/mol. The molecule has 148 valence electrons. The van der Waals surface area contributed by atoms with E-state index in [0.717, 1.165) is 23.3 Å². The number of amides is 2. The van der Waals surface area contributed by atoms with Crippen LogP contribution in [0, 0.1) is 5.92 Å². The molecule has 0 saturated carbocycles. The second-order valence-corrected chi connectivity index (χ2v) is 7.09. The van der Waals surface area contributed by atoms with Crippen LogP contribution < -0.4 is 0 Å². The smallest absolute Gasteiger partial charge is 0.416 e. The van der Waals surface area contributed by atoms with Gasteiger partial charge in [-0.05, 0) is 43.6 Å². The van der Waals surface area contributed by atoms with Crippen LogP contribution in [0.3, 0.4) is 0 Å². The molecule has 0 spiro atoms. The summed E-state index contributed by atoms with van der Waals surface area (Å²) in [5.74, 6) is -0.948. The second kappa shape index (κ2) is 8.87. The first-order valence-corrected chi connectivity index (χ1v) is 9.63. The molecular weight excluding hydrogens is 358 g/mol. The van der Waals surface area contributed by atoms with Crippen LogP contribution >= 0.6 is 0 Å². The van der Waals surface area contributed by atoms with E-state index in [9.17, 15) is 14.4 Å². The van der Waals surface area contributed by atoms with Gasteiger partial charge in [0.05, 0.1) is 12.0 Å². The molecule has 1 aromatic carbocycles. The van der Waals surface area contributed by atoms with E-state index in [1.807, 2.05) is 43.3 Å². The van der Waals surface area contributed by atoms with Crippen LogP contribution in [0.15, 0.2) is 54.3 Å². The Hall–Kier alpha value is -2.89. The number of ether oxygens (including phenoxy) is 2. The zero-order valence-electron chi connectivity index (χ0n) is 16.2. The first kappa shape index (κ1) is 19.9. The van der Waals surface area contributed by atoms with Gasteiger partial charge in [-0.1, -0.05) is 43.7 Å². The number of cyclic esters (lactones) is 1. The van der Waals surface area contributed by atoms with Crippen molar-refractivity contribution in [2.45, 2.75) is 45.3 Å². The number of unbranched alkanes of at least 4 members (excludes halogenated alkanes) is 1. The highest BCUT2D eigenvalue weighted by molar-refractivity contribution is 6.01. The molecule has 2 amide bonds. The second-order valence-electron chi connectivity index (χ2n) is 7.09. The summed E-state index contributed by atoms with van der Waals surface area (Å²) >= 11 is 0. The van der Waals surface area contributed by atoms with E-state index < -0.39 is 30.1 Å². The summed E-state index contributed by atoms with van der Waals surface area (Å²) in [5.41, 5.74) is 1.01. The molecule has 2 aliphatic rings. The minimum Gasteiger partial charge on any atom is -0.482 e. The molecule has 0 bridgehead atoms. The van der Waals surface area contributed by atoms with E-state index in [1.165, 1.54) is 6.08 Å². The molecule has 3 atom stereocenters. The van der Waals surface area contributed by atoms with Crippen molar-refractivity contribution in [3.63, 3.8) is 0 Å². The zero-order valence-corrected chi connectivity index (χ0v) is 16.2. The van der Waals surface area contributed by atoms with E-state index in [1.54, 1.807) is 13.0 Å². The van der Waals surface area contributed by atoms with E-state index >= 15 is 0 Å². The Labute approximate surface area is 164 Å². The van der Waals surface area contributed by atoms with Crippen LogP contribution in [0.5, 0.6) is 0 Å². The average Bonchev–Trinajstić information content (AvgIpc) is 3.07. The SMILES string of the molecule is CCCC=C1C=CC(=O)C([C@H](C)C(=O)N2C(=O)OC[C@@H]2Cc2ccccc2)O1. The zero-order chi connectivity index (χ0) is 20.1. The lowest BCUT2D eigenvalue weighted by Gasteiger charge is -2.29. The van der Waals surface area contributed by atoms with Gasteiger partial charge in [-0.2, -0.15) is 0 Å². The Morgan fingerprint density at radius 2 is 2.00 bits per heavy atom. The maximum Gasteiger partial charge on any atom is 0.416 e. The summed E-state index contributed by atoms with van der Waals surface area (Å²) in [6.45, 7) is 3.81. The quantitative estimate of drug-likeness (QED) is 0.753. The van der Waals surface area contributed by atoms with Gasteiger partial charge >= 0.3 is 6.09 Å². The summed E-state index contributed by atoms with van der Waals surface area (Å²) in [4.78, 5) is 38.7. The van der Waals surface area contributed by atoms with Crippen LogP contribution in [0.1, 0.15) is 32.3 Å². The van der Waals surface area contributed by atoms with Gasteiger partial charge in [0.2, 0.25) is 5.91 Å². The molecule has 2 aliphatic heterocycles. The Morgan fingerprint density at radius 3 is 2.71 bits per heavy atom. The number of carbonyl (C=O) groups excluding carboxylic acids is 3. The third kappa shape index (κ3) is 4.32. The Morgan fingerprint density at radius 1 is 1.25 bits per heavy atom. The minimum absolute atomic E-state index is 0.146. The van der Waals surface area contributed by atoms with E-state index in [4.69, 9.17) is 9.47 Å². The number of carbonyl (C=O) groups is 3. The Balaban J connectivity index is 1.74. The van der Waals surface area contributed by atoms with Gasteiger partial charge in [-0.25, -0.2) is 9.69 Å². The summed E-state index contributed by atoms with van der Waals surface area (Å²) in [6, 6.07) is 9.22. The number of imide groups is 1. The third-order valence-electron chi connectivity index (χ3n) is 4.95. The molecule has 0 aromatic heterocycles. The number of nitrogens with zero attached hydrogens (tertiary/aromatic N) is 1. The van der Waals surface area contributed by atoms with Crippen molar-refractivity contribution in [3.05, 3.63) is 59.9 Å². The van der Waals surface area contributed by atoms with E-state index in [2.05, 4.69) is 0 Å². The number of rotatable bonds is 6. The highest BCUT2D eigenvalue weighted by Crippen LogP contribution is 2.25. The van der Waals surface area contributed by atoms with Crippen LogP contribution in [0.2, 0.25) is 0 Å². The fourth-order valence-corrected chi connectivity index (χ4v) is 3.37. The van der Waals surface area contributed by atoms with Gasteiger partial charge in [-0.15, -0.1) is 0 Å². The molecule has 1 fully saturated rings. The normalized spacial score (nSPS) is 24.2. The molecule has 0 radical (unpaired) electrons. The van der Waals surface area contributed by atoms with Gasteiger partial charge in [0, 0.05) is 0 Å². The van der Waals surface area contributed by atoms with Crippen molar-refractivity contribution >= 4 is 17.8 Å². The standard InChI is InChI=1S/C22H25NO5/c1-3-4-10-18-11-12-19(24)20(28-18)15(2)21(25)23-17(14-27-22(23)26)13-16-8-6-5-7-9-16/h5-12,15,17,20H,3-4,13-14H2,1-2H3/t15-,17-,20?/m0/s1. The third-order valence-corrected chi connectivity index (χ3v) is 4.95. The molecule has 6 heteroatoms. The first-order chi connectivity index (χ1) is 13.5. The topological polar surface area (TPSA) is 72.9 Å². The molecule has 1 unspecified atom stereocenters. The summed E-state index contributed by atoms with van der Waals surface area (Å²) in [5, 5.41) is 0. The van der Waals surface area contributed by atoms with Gasteiger partial charge in [0.15, 0.2) is 11.9 Å². The predicted octanol–water partition coefficient (Wildman–Crippen LogP) is 3.42. The number of hydrogen-bond acceptors (Lipinski definition) is 5. The fourth-order valence-electron chi connectivity index (χ4n) is 3.37. The molecule has 1 saturated heterocycles. The molecule has 0 aliphatic carbocycles. The monoisotopic (exact) mass is 383 g/mol. The fraction of sp³-hybridized carbons (Fsp3) is 0.409. The van der Waals surface area contributed by atoms with Crippen molar-refractivity contribution in [1.82, 2.24) is 4.90 Å². The summed E-state index contributed by atoms with van der Waals surface area (Å²) in [7, 11) is 0. The lowest BCUT2D eigenvalue weighted by molar-refractivity contribution is -0.142. The van der Waals surface area contributed by atoms with E-state index in [-0.39, 0.29) is 12.4 Å². The highest BCUT2D eigenvalue weighted by Gasteiger charge is 2.43. The molecule has 0 N–H and O–H groups in total. The lowest BCUT2D eigenvalue weighted by atomic mass is 9.96. The maximum atomic E-state index is 13.1. The van der Waals surface area contributed by atoms with Crippen molar-refractivity contribution in [2.24, 2.45) is 5.92 Å². The van der Waals surface area contributed by atoms with Crippen LogP contribution in [0.4, 0.5) is 4.79 Å². The average molecular weight is 383 g/mol.